The molecule has 0 heterocycles. The van der Waals surface area contributed by atoms with Crippen molar-refractivity contribution in [1.82, 2.24) is 0 Å². The molecule has 0 aliphatic heterocycles. The van der Waals surface area contributed by atoms with Crippen molar-refractivity contribution in [2.24, 2.45) is 0 Å². The van der Waals surface area contributed by atoms with Gasteiger partial charge in [0.2, 0.25) is 0 Å². The number of methoxy groups -OCH3 is 1. The van der Waals surface area contributed by atoms with Crippen LogP contribution in [0, 0.1) is 6.92 Å². The maximum atomic E-state index is 10.6. The molecule has 104 valence electrons. The average Bonchev–Trinajstić information content (AvgIpc) is 2.46. The van der Waals surface area contributed by atoms with E-state index in [2.05, 4.69) is 22.5 Å². The second-order valence-electron chi connectivity index (χ2n) is 4.63. The first kappa shape index (κ1) is 14.8. The molecule has 2 rings (SSSR count). The zero-order chi connectivity index (χ0) is 14.7. The number of ether oxygens (including phenoxy) is 1. The summed E-state index contributed by atoms with van der Waals surface area (Å²) in [6.45, 7) is 5.75. The Hall–Kier alpha value is -1.58. The first-order valence-corrected chi connectivity index (χ1v) is 7.10. The summed E-state index contributed by atoms with van der Waals surface area (Å²) < 4.78 is 6.26. The van der Waals surface area contributed by atoms with E-state index in [0.717, 1.165) is 26.7 Å². The molecule has 1 unspecified atom stereocenters. The lowest BCUT2D eigenvalue weighted by Crippen LogP contribution is -2.03. The first-order chi connectivity index (χ1) is 9.56. The van der Waals surface area contributed by atoms with Gasteiger partial charge in [-0.2, -0.15) is 0 Å². The van der Waals surface area contributed by atoms with Crippen LogP contribution in [0.2, 0.25) is 0 Å². The van der Waals surface area contributed by atoms with Crippen LogP contribution >= 0.6 is 15.9 Å². The molecule has 0 amide bonds. The molecular formula is C17H17BrO2. The lowest BCUT2D eigenvalue weighted by molar-refractivity contribution is 0.214. The minimum atomic E-state index is -0.737. The quantitative estimate of drug-likeness (QED) is 0.893. The molecule has 0 aliphatic rings. The van der Waals surface area contributed by atoms with Crippen molar-refractivity contribution in [2.45, 2.75) is 13.0 Å². The highest BCUT2D eigenvalue weighted by molar-refractivity contribution is 9.10. The fourth-order valence-corrected chi connectivity index (χ4v) is 2.81. The zero-order valence-corrected chi connectivity index (χ0v) is 13.1. The van der Waals surface area contributed by atoms with Crippen LogP contribution in [0.3, 0.4) is 0 Å². The Balaban J connectivity index is 2.47. The molecule has 2 aromatic carbocycles. The molecule has 0 saturated carbocycles. The normalized spacial score (nSPS) is 12.0. The van der Waals surface area contributed by atoms with Gasteiger partial charge in [0.05, 0.1) is 7.11 Å². The largest absolute Gasteiger partial charge is 0.496 e. The van der Waals surface area contributed by atoms with Crippen molar-refractivity contribution in [2.75, 3.05) is 7.11 Å². The van der Waals surface area contributed by atoms with Gasteiger partial charge in [-0.15, -0.1) is 0 Å². The topological polar surface area (TPSA) is 29.5 Å². The number of aliphatic hydroxyl groups excluding tert-OH is 1. The second-order valence-corrected chi connectivity index (χ2v) is 5.49. The summed E-state index contributed by atoms with van der Waals surface area (Å²) in [7, 11) is 1.60. The van der Waals surface area contributed by atoms with Crippen LogP contribution in [0.1, 0.15) is 28.4 Å². The van der Waals surface area contributed by atoms with Crippen LogP contribution in [0.15, 0.2) is 47.4 Å². The number of rotatable bonds is 4. The Morgan fingerprint density at radius 1 is 1.20 bits per heavy atom. The maximum Gasteiger partial charge on any atom is 0.125 e. The third-order valence-corrected chi connectivity index (χ3v) is 3.93. The van der Waals surface area contributed by atoms with Gasteiger partial charge in [0, 0.05) is 10.0 Å². The van der Waals surface area contributed by atoms with Gasteiger partial charge < -0.3 is 9.84 Å². The molecule has 1 N–H and O–H groups in total. The molecule has 0 aliphatic carbocycles. The maximum absolute atomic E-state index is 10.6. The van der Waals surface area contributed by atoms with Crippen LogP contribution in [0.25, 0.3) is 6.08 Å². The van der Waals surface area contributed by atoms with Crippen molar-refractivity contribution >= 4 is 22.0 Å². The van der Waals surface area contributed by atoms with Gasteiger partial charge in [0.1, 0.15) is 11.9 Å². The molecule has 0 bridgehead atoms. The molecule has 0 fully saturated rings. The van der Waals surface area contributed by atoms with E-state index in [9.17, 15) is 5.11 Å². The standard InChI is InChI=1S/C17H17BrO2/c1-4-12-6-8-14(16(10-12)20-3)17(19)13-7-5-11(2)9-15(13)18/h4-10,17,19H,1H2,2-3H3. The predicted octanol–water partition coefficient (Wildman–Crippen LogP) is 4.49. The van der Waals surface area contributed by atoms with Crippen molar-refractivity contribution in [3.05, 3.63) is 69.7 Å². The van der Waals surface area contributed by atoms with Gasteiger partial charge in [0.15, 0.2) is 0 Å². The number of aliphatic hydroxyl groups is 1. The molecule has 1 atom stereocenters. The molecule has 2 aromatic rings. The van der Waals surface area contributed by atoms with Gasteiger partial charge in [0.25, 0.3) is 0 Å². The van der Waals surface area contributed by atoms with E-state index < -0.39 is 6.10 Å². The van der Waals surface area contributed by atoms with Crippen LogP contribution in [0.4, 0.5) is 0 Å². The van der Waals surface area contributed by atoms with Crippen molar-refractivity contribution in [1.29, 1.82) is 0 Å². The van der Waals surface area contributed by atoms with Crippen LogP contribution in [0.5, 0.6) is 5.75 Å². The third kappa shape index (κ3) is 2.94. The monoisotopic (exact) mass is 332 g/mol. The smallest absolute Gasteiger partial charge is 0.125 e. The fraction of sp³-hybridized carbons (Fsp3) is 0.176. The predicted molar refractivity (Wildman–Crippen MR) is 86.0 cm³/mol. The summed E-state index contributed by atoms with van der Waals surface area (Å²) in [6.07, 6.45) is 1.01. The molecule has 2 nitrogen and oxygen atoms in total. The second kappa shape index (κ2) is 6.25. The minimum Gasteiger partial charge on any atom is -0.496 e. The fourth-order valence-electron chi connectivity index (χ4n) is 2.10. The number of halogens is 1. The summed E-state index contributed by atoms with van der Waals surface area (Å²) >= 11 is 3.50. The Labute approximate surface area is 127 Å². The summed E-state index contributed by atoms with van der Waals surface area (Å²) in [4.78, 5) is 0. The SMILES string of the molecule is C=Cc1ccc(C(O)c2ccc(C)cc2Br)c(OC)c1. The number of hydrogen-bond acceptors (Lipinski definition) is 2. The van der Waals surface area contributed by atoms with Crippen molar-refractivity contribution in [3.8, 4) is 5.75 Å². The third-order valence-electron chi connectivity index (χ3n) is 3.24. The average molecular weight is 333 g/mol. The number of hydrogen-bond donors (Lipinski definition) is 1. The molecular weight excluding hydrogens is 316 g/mol. The summed E-state index contributed by atoms with van der Waals surface area (Å²) in [5.74, 6) is 0.655. The summed E-state index contributed by atoms with van der Waals surface area (Å²) in [5.41, 5.74) is 3.66. The minimum absolute atomic E-state index is 0.655. The van der Waals surface area contributed by atoms with E-state index in [4.69, 9.17) is 4.74 Å². The van der Waals surface area contributed by atoms with E-state index >= 15 is 0 Å². The Kier molecular flexibility index (Phi) is 4.63. The summed E-state index contributed by atoms with van der Waals surface area (Å²) in [5, 5.41) is 10.6. The molecule has 20 heavy (non-hydrogen) atoms. The lowest BCUT2D eigenvalue weighted by atomic mass is 9.98. The van der Waals surface area contributed by atoms with Gasteiger partial charge in [-0.1, -0.05) is 52.9 Å². The molecule has 0 aromatic heterocycles. The number of benzene rings is 2. The Morgan fingerprint density at radius 2 is 1.90 bits per heavy atom. The van der Waals surface area contributed by atoms with Gasteiger partial charge in [-0.3, -0.25) is 0 Å². The van der Waals surface area contributed by atoms with E-state index in [1.165, 1.54) is 0 Å². The highest BCUT2D eigenvalue weighted by atomic mass is 79.9. The van der Waals surface area contributed by atoms with Gasteiger partial charge >= 0.3 is 0 Å². The van der Waals surface area contributed by atoms with Crippen molar-refractivity contribution < 1.29 is 9.84 Å². The number of aryl methyl sites for hydroxylation is 1. The van der Waals surface area contributed by atoms with Gasteiger partial charge in [-0.05, 0) is 35.7 Å². The van der Waals surface area contributed by atoms with Crippen LogP contribution in [-0.4, -0.2) is 12.2 Å². The van der Waals surface area contributed by atoms with E-state index in [0.29, 0.717) is 5.75 Å². The summed E-state index contributed by atoms with van der Waals surface area (Å²) in [6, 6.07) is 11.5. The van der Waals surface area contributed by atoms with Crippen LogP contribution < -0.4 is 4.74 Å². The zero-order valence-electron chi connectivity index (χ0n) is 11.6. The highest BCUT2D eigenvalue weighted by Gasteiger charge is 2.18. The van der Waals surface area contributed by atoms with Crippen LogP contribution in [-0.2, 0) is 0 Å². The van der Waals surface area contributed by atoms with E-state index in [1.54, 1.807) is 13.2 Å². The molecule has 3 heteroatoms. The first-order valence-electron chi connectivity index (χ1n) is 6.31. The molecule has 0 saturated heterocycles. The van der Waals surface area contributed by atoms with E-state index in [-0.39, 0.29) is 0 Å². The van der Waals surface area contributed by atoms with Gasteiger partial charge in [-0.25, -0.2) is 0 Å². The molecule has 0 radical (unpaired) electrons. The Bertz CT molecular complexity index is 635. The van der Waals surface area contributed by atoms with E-state index in [1.807, 2.05) is 43.3 Å². The lowest BCUT2D eigenvalue weighted by Gasteiger charge is -2.17. The Morgan fingerprint density at radius 3 is 2.50 bits per heavy atom. The van der Waals surface area contributed by atoms with Crippen molar-refractivity contribution in [3.63, 3.8) is 0 Å². The molecule has 0 spiro atoms. The highest BCUT2D eigenvalue weighted by Crippen LogP contribution is 2.34.